The molecule has 0 spiro atoms. The largest absolute Gasteiger partial charge is 0.397 e. The zero-order valence-electron chi connectivity index (χ0n) is 11.9. The van der Waals surface area contributed by atoms with E-state index in [1.165, 1.54) is 6.42 Å². The van der Waals surface area contributed by atoms with Crippen LogP contribution in [0.3, 0.4) is 0 Å². The number of hydrogen-bond donors (Lipinski definition) is 1. The van der Waals surface area contributed by atoms with Crippen molar-refractivity contribution in [3.63, 3.8) is 0 Å². The van der Waals surface area contributed by atoms with Gasteiger partial charge in [0.05, 0.1) is 11.9 Å². The Kier molecular flexibility index (Phi) is 6.68. The van der Waals surface area contributed by atoms with Crippen LogP contribution < -0.4 is 5.73 Å². The molecule has 0 aliphatic rings. The lowest BCUT2D eigenvalue weighted by Crippen LogP contribution is -2.29. The summed E-state index contributed by atoms with van der Waals surface area (Å²) in [6.45, 7) is 6.69. The van der Waals surface area contributed by atoms with E-state index in [9.17, 15) is 0 Å². The van der Waals surface area contributed by atoms with Crippen molar-refractivity contribution in [1.29, 1.82) is 0 Å². The summed E-state index contributed by atoms with van der Waals surface area (Å²) >= 11 is 0. The number of likely N-dealkylation sites (N-methyl/N-ethyl adjacent to an activating group) is 1. The molecule has 0 aliphatic heterocycles. The van der Waals surface area contributed by atoms with Crippen molar-refractivity contribution in [2.24, 2.45) is 0 Å². The van der Waals surface area contributed by atoms with Gasteiger partial charge >= 0.3 is 0 Å². The summed E-state index contributed by atoms with van der Waals surface area (Å²) < 4.78 is 0. The molecule has 0 atom stereocenters. The van der Waals surface area contributed by atoms with E-state index in [0.29, 0.717) is 0 Å². The molecular formula is C14H26N4. The number of anilines is 1. The zero-order chi connectivity index (χ0) is 13.4. The first kappa shape index (κ1) is 14.9. The summed E-state index contributed by atoms with van der Waals surface area (Å²) in [6.07, 6.45) is 3.95. The standard InChI is InChI=1S/C14H26N4/c1-4-18(10-5-9-17(2)3)11-8-14-7-6-13(15)12-16-14/h6-7,12H,4-5,8-11,15H2,1-3H3. The Hall–Kier alpha value is -1.13. The summed E-state index contributed by atoms with van der Waals surface area (Å²) in [6, 6.07) is 3.94. The molecule has 1 rings (SSSR count). The van der Waals surface area contributed by atoms with E-state index >= 15 is 0 Å². The van der Waals surface area contributed by atoms with Crippen molar-refractivity contribution < 1.29 is 0 Å². The van der Waals surface area contributed by atoms with Gasteiger partial charge in [-0.2, -0.15) is 0 Å². The average molecular weight is 250 g/mol. The van der Waals surface area contributed by atoms with Crippen LogP contribution in [0.4, 0.5) is 5.69 Å². The second-order valence-electron chi connectivity index (χ2n) is 4.92. The van der Waals surface area contributed by atoms with Gasteiger partial charge in [0.25, 0.3) is 0 Å². The van der Waals surface area contributed by atoms with Crippen LogP contribution in [0, 0.1) is 0 Å². The van der Waals surface area contributed by atoms with Crippen LogP contribution in [-0.4, -0.2) is 55.1 Å². The monoisotopic (exact) mass is 250 g/mol. The van der Waals surface area contributed by atoms with Crippen molar-refractivity contribution in [2.45, 2.75) is 19.8 Å². The Morgan fingerprint density at radius 3 is 2.50 bits per heavy atom. The molecule has 18 heavy (non-hydrogen) atoms. The summed E-state index contributed by atoms with van der Waals surface area (Å²) in [7, 11) is 4.24. The third-order valence-corrected chi connectivity index (χ3v) is 3.06. The lowest BCUT2D eigenvalue weighted by Gasteiger charge is -2.21. The van der Waals surface area contributed by atoms with E-state index in [1.807, 2.05) is 12.1 Å². The molecule has 0 saturated carbocycles. The number of rotatable bonds is 8. The van der Waals surface area contributed by atoms with Crippen LogP contribution in [0.5, 0.6) is 0 Å². The third kappa shape index (κ3) is 5.98. The highest BCUT2D eigenvalue weighted by atomic mass is 15.1. The second kappa shape index (κ2) is 8.06. The maximum atomic E-state index is 5.63. The van der Waals surface area contributed by atoms with Gasteiger partial charge in [-0.05, 0) is 52.3 Å². The van der Waals surface area contributed by atoms with E-state index < -0.39 is 0 Å². The summed E-state index contributed by atoms with van der Waals surface area (Å²) in [5.74, 6) is 0. The molecule has 1 heterocycles. The Bertz CT molecular complexity index is 321. The first-order valence-corrected chi connectivity index (χ1v) is 6.69. The minimum Gasteiger partial charge on any atom is -0.397 e. The molecule has 0 aromatic carbocycles. The average Bonchev–Trinajstić information content (AvgIpc) is 2.35. The lowest BCUT2D eigenvalue weighted by atomic mass is 10.2. The molecule has 0 saturated heterocycles. The molecule has 1 aromatic heterocycles. The molecule has 0 aliphatic carbocycles. The van der Waals surface area contributed by atoms with Gasteiger partial charge in [-0.25, -0.2) is 0 Å². The van der Waals surface area contributed by atoms with Gasteiger partial charge in [0, 0.05) is 18.7 Å². The summed E-state index contributed by atoms with van der Waals surface area (Å²) in [4.78, 5) is 9.04. The Balaban J connectivity index is 2.28. The highest BCUT2D eigenvalue weighted by Gasteiger charge is 2.03. The number of aromatic nitrogens is 1. The van der Waals surface area contributed by atoms with Gasteiger partial charge in [-0.1, -0.05) is 6.92 Å². The molecule has 0 bridgehead atoms. The van der Waals surface area contributed by atoms with Gasteiger partial charge < -0.3 is 15.5 Å². The van der Waals surface area contributed by atoms with Crippen LogP contribution in [0.1, 0.15) is 19.0 Å². The van der Waals surface area contributed by atoms with Crippen molar-refractivity contribution >= 4 is 5.69 Å². The molecule has 0 amide bonds. The van der Waals surface area contributed by atoms with Crippen LogP contribution in [0.15, 0.2) is 18.3 Å². The SMILES string of the molecule is CCN(CCCN(C)C)CCc1ccc(N)cn1. The van der Waals surface area contributed by atoms with Crippen LogP contribution in [-0.2, 0) is 6.42 Å². The molecule has 0 unspecified atom stereocenters. The number of nitrogens with zero attached hydrogens (tertiary/aromatic N) is 3. The number of hydrogen-bond acceptors (Lipinski definition) is 4. The molecule has 4 nitrogen and oxygen atoms in total. The van der Waals surface area contributed by atoms with Crippen LogP contribution >= 0.6 is 0 Å². The molecule has 0 radical (unpaired) electrons. The van der Waals surface area contributed by atoms with Gasteiger partial charge in [-0.15, -0.1) is 0 Å². The Morgan fingerprint density at radius 1 is 1.17 bits per heavy atom. The van der Waals surface area contributed by atoms with E-state index in [2.05, 4.69) is 35.8 Å². The topological polar surface area (TPSA) is 45.4 Å². The predicted molar refractivity (Wildman–Crippen MR) is 77.6 cm³/mol. The number of nitrogen functional groups attached to an aromatic ring is 1. The smallest absolute Gasteiger partial charge is 0.0501 e. The van der Waals surface area contributed by atoms with Crippen molar-refractivity contribution in [3.05, 3.63) is 24.0 Å². The van der Waals surface area contributed by atoms with Crippen molar-refractivity contribution in [1.82, 2.24) is 14.8 Å². The fourth-order valence-electron chi connectivity index (χ4n) is 1.90. The normalized spacial score (nSPS) is 11.4. The summed E-state index contributed by atoms with van der Waals surface area (Å²) in [5.41, 5.74) is 7.48. The minimum absolute atomic E-state index is 0.733. The van der Waals surface area contributed by atoms with E-state index in [1.54, 1.807) is 6.20 Å². The molecule has 4 heteroatoms. The third-order valence-electron chi connectivity index (χ3n) is 3.06. The molecule has 0 fully saturated rings. The first-order valence-electron chi connectivity index (χ1n) is 6.69. The van der Waals surface area contributed by atoms with E-state index in [4.69, 9.17) is 5.73 Å². The van der Waals surface area contributed by atoms with E-state index in [0.717, 1.165) is 44.0 Å². The van der Waals surface area contributed by atoms with Crippen molar-refractivity contribution in [3.8, 4) is 0 Å². The first-order chi connectivity index (χ1) is 8.61. The highest BCUT2D eigenvalue weighted by Crippen LogP contribution is 2.03. The predicted octanol–water partition coefficient (Wildman–Crippen LogP) is 1.48. The molecule has 102 valence electrons. The molecule has 1 aromatic rings. The molecule has 2 N–H and O–H groups in total. The van der Waals surface area contributed by atoms with Gasteiger partial charge in [0.2, 0.25) is 0 Å². The maximum absolute atomic E-state index is 5.63. The second-order valence-corrected chi connectivity index (χ2v) is 4.92. The fraction of sp³-hybridized carbons (Fsp3) is 0.643. The molecular weight excluding hydrogens is 224 g/mol. The number of nitrogens with two attached hydrogens (primary N) is 1. The van der Waals surface area contributed by atoms with Gasteiger partial charge in [-0.3, -0.25) is 4.98 Å². The Labute approximate surface area is 111 Å². The van der Waals surface area contributed by atoms with E-state index in [-0.39, 0.29) is 0 Å². The van der Waals surface area contributed by atoms with Gasteiger partial charge in [0.15, 0.2) is 0 Å². The number of pyridine rings is 1. The maximum Gasteiger partial charge on any atom is 0.0501 e. The minimum atomic E-state index is 0.733. The van der Waals surface area contributed by atoms with Gasteiger partial charge in [0.1, 0.15) is 0 Å². The summed E-state index contributed by atoms with van der Waals surface area (Å²) in [5, 5.41) is 0. The Morgan fingerprint density at radius 2 is 1.94 bits per heavy atom. The highest BCUT2D eigenvalue weighted by molar-refractivity contribution is 5.34. The van der Waals surface area contributed by atoms with Crippen LogP contribution in [0.2, 0.25) is 0 Å². The van der Waals surface area contributed by atoms with Crippen LogP contribution in [0.25, 0.3) is 0 Å². The quantitative estimate of drug-likeness (QED) is 0.759. The lowest BCUT2D eigenvalue weighted by molar-refractivity contribution is 0.268. The van der Waals surface area contributed by atoms with Crippen molar-refractivity contribution in [2.75, 3.05) is 46.0 Å². The fourth-order valence-corrected chi connectivity index (χ4v) is 1.90. The zero-order valence-corrected chi connectivity index (χ0v) is 11.9.